The van der Waals surface area contributed by atoms with Gasteiger partial charge in [0.2, 0.25) is 11.8 Å². The number of carboxylic acids is 1. The second-order valence-electron chi connectivity index (χ2n) is 12.0. The van der Waals surface area contributed by atoms with E-state index in [0.717, 1.165) is 69.7 Å². The van der Waals surface area contributed by atoms with Crippen molar-refractivity contribution in [2.45, 2.75) is 24.8 Å². The lowest BCUT2D eigenvalue weighted by atomic mass is 9.90. The molecule has 4 aromatic rings. The van der Waals surface area contributed by atoms with E-state index < -0.39 is 5.97 Å². The molecule has 43 heavy (non-hydrogen) atoms. The summed E-state index contributed by atoms with van der Waals surface area (Å²) in [5.74, 6) is 0.340. The normalized spacial score (nSPS) is 22.3. The topological polar surface area (TPSA) is 157 Å². The Bertz CT molecular complexity index is 1740. The van der Waals surface area contributed by atoms with Crippen molar-refractivity contribution in [2.24, 2.45) is 13.0 Å². The number of nitrogen functional groups attached to an aromatic ring is 1. The number of carboxylic acid groups (broad SMARTS) is 1. The minimum absolute atomic E-state index is 0.0155. The Kier molecular flexibility index (Phi) is 6.85. The standard InChI is InChI=1S/C30H36N8O5/c1-35-17-20(28(40)41)12-22(27(35)39)23-15-32-34-26(23)43-11-6-36-16-19-4-5-30(14-19,18-36)38-25-13-21(37-7-9-42-10-8-37)2-3-24(25)33-29(38)31/h2-3,12-13,15,17,19H,4-11,14,16,18H2,1H3,(H2,31,33)(H,32,34)(H,40,41)/t19-,30-/m0/s1. The second kappa shape index (κ2) is 10.7. The number of nitrogens with zero attached hydrogens (tertiary/aromatic N) is 6. The predicted octanol–water partition coefficient (Wildman–Crippen LogP) is 2.13. The number of fused-ring (bicyclic) bond motifs is 3. The number of likely N-dealkylation sites (tertiary alicyclic amines) is 1. The molecule has 3 aromatic heterocycles. The molecule has 2 atom stereocenters. The zero-order chi connectivity index (χ0) is 29.7. The molecule has 1 aliphatic carbocycles. The Morgan fingerprint density at radius 1 is 1.26 bits per heavy atom. The minimum atomic E-state index is -1.11. The Morgan fingerprint density at radius 2 is 2.09 bits per heavy atom. The van der Waals surface area contributed by atoms with Crippen molar-refractivity contribution in [2.75, 3.05) is 63.2 Å². The third-order valence-corrected chi connectivity index (χ3v) is 9.21. The predicted molar refractivity (Wildman–Crippen MR) is 161 cm³/mol. The number of nitrogens with two attached hydrogens (primary N) is 1. The van der Waals surface area contributed by atoms with Crippen molar-refractivity contribution in [1.29, 1.82) is 0 Å². The van der Waals surface area contributed by atoms with Gasteiger partial charge >= 0.3 is 5.97 Å². The van der Waals surface area contributed by atoms with Crippen molar-refractivity contribution >= 4 is 28.6 Å². The number of nitrogens with one attached hydrogen (secondary N) is 1. The number of rotatable bonds is 8. The quantitative estimate of drug-likeness (QED) is 0.279. The summed E-state index contributed by atoms with van der Waals surface area (Å²) in [6.45, 7) is 6.06. The van der Waals surface area contributed by atoms with Crippen molar-refractivity contribution in [1.82, 2.24) is 29.2 Å². The van der Waals surface area contributed by atoms with E-state index in [4.69, 9.17) is 20.2 Å². The van der Waals surface area contributed by atoms with E-state index in [1.165, 1.54) is 35.8 Å². The largest absolute Gasteiger partial charge is 0.478 e. The fraction of sp³-hybridized carbons (Fsp3) is 0.467. The van der Waals surface area contributed by atoms with E-state index in [0.29, 0.717) is 36.5 Å². The van der Waals surface area contributed by atoms with E-state index in [1.807, 2.05) is 0 Å². The molecule has 2 bridgehead atoms. The van der Waals surface area contributed by atoms with Crippen LogP contribution in [0, 0.1) is 5.92 Å². The van der Waals surface area contributed by atoms with Gasteiger partial charge in [0.15, 0.2) is 0 Å². The fourth-order valence-electron chi connectivity index (χ4n) is 7.28. The first kappa shape index (κ1) is 27.5. The number of H-pyrrole nitrogens is 1. The molecule has 2 aliphatic heterocycles. The number of pyridine rings is 1. The smallest absolute Gasteiger partial charge is 0.337 e. The Hall–Kier alpha value is -4.36. The zero-order valence-electron chi connectivity index (χ0n) is 24.2. The Morgan fingerprint density at radius 3 is 2.91 bits per heavy atom. The number of aromatic amines is 1. The molecule has 13 nitrogen and oxygen atoms in total. The van der Waals surface area contributed by atoms with Gasteiger partial charge in [-0.05, 0) is 49.4 Å². The zero-order valence-corrected chi connectivity index (χ0v) is 24.2. The number of benzene rings is 1. The molecule has 0 amide bonds. The first-order chi connectivity index (χ1) is 20.8. The number of hydrogen-bond acceptors (Lipinski definition) is 9. The highest BCUT2D eigenvalue weighted by molar-refractivity contribution is 5.89. The molecule has 4 N–H and O–H groups in total. The Balaban J connectivity index is 1.10. The molecule has 7 rings (SSSR count). The van der Waals surface area contributed by atoms with Gasteiger partial charge in [0, 0.05) is 51.7 Å². The third kappa shape index (κ3) is 4.91. The van der Waals surface area contributed by atoms with Crippen molar-refractivity contribution < 1.29 is 19.4 Å². The average Bonchev–Trinajstić information content (AvgIpc) is 3.69. The van der Waals surface area contributed by atoms with Crippen molar-refractivity contribution in [3.05, 3.63) is 52.6 Å². The number of carbonyl (C=O) groups is 1. The van der Waals surface area contributed by atoms with E-state index in [2.05, 4.69) is 42.8 Å². The van der Waals surface area contributed by atoms with E-state index >= 15 is 0 Å². The summed E-state index contributed by atoms with van der Waals surface area (Å²) in [5.41, 5.74) is 9.99. The fourth-order valence-corrected chi connectivity index (χ4v) is 7.28. The molecule has 0 spiro atoms. The number of aromatic carboxylic acids is 1. The summed E-state index contributed by atoms with van der Waals surface area (Å²) >= 11 is 0. The van der Waals surface area contributed by atoms with Gasteiger partial charge in [-0.2, -0.15) is 5.10 Å². The van der Waals surface area contributed by atoms with Crippen molar-refractivity contribution in [3.8, 4) is 17.0 Å². The van der Waals surface area contributed by atoms with E-state index in [9.17, 15) is 14.7 Å². The van der Waals surface area contributed by atoms with Crippen LogP contribution in [0.1, 0.15) is 29.6 Å². The highest BCUT2D eigenvalue weighted by atomic mass is 16.5. The van der Waals surface area contributed by atoms with Gasteiger partial charge in [0.05, 0.1) is 52.7 Å². The van der Waals surface area contributed by atoms with Crippen LogP contribution >= 0.6 is 0 Å². The van der Waals surface area contributed by atoms with Crippen LogP contribution in [0.25, 0.3) is 22.2 Å². The van der Waals surface area contributed by atoms with Gasteiger partial charge in [-0.3, -0.25) is 9.69 Å². The second-order valence-corrected chi connectivity index (χ2v) is 12.0. The van der Waals surface area contributed by atoms with Crippen LogP contribution in [-0.2, 0) is 17.3 Å². The maximum atomic E-state index is 12.8. The summed E-state index contributed by atoms with van der Waals surface area (Å²) < 4.78 is 15.2. The molecule has 5 heterocycles. The maximum Gasteiger partial charge on any atom is 0.337 e. The van der Waals surface area contributed by atoms with Gasteiger partial charge in [0.25, 0.3) is 5.56 Å². The van der Waals surface area contributed by atoms with Crippen LogP contribution in [0.15, 0.2) is 41.5 Å². The van der Waals surface area contributed by atoms with Gasteiger partial charge in [-0.25, -0.2) is 14.9 Å². The average molecular weight is 589 g/mol. The molecule has 13 heteroatoms. The van der Waals surface area contributed by atoms with Crippen molar-refractivity contribution in [3.63, 3.8) is 0 Å². The molecule has 2 saturated heterocycles. The van der Waals surface area contributed by atoms with Crippen LogP contribution in [0.3, 0.4) is 0 Å². The molecule has 0 unspecified atom stereocenters. The molecule has 1 aromatic carbocycles. The summed E-state index contributed by atoms with van der Waals surface area (Å²) in [7, 11) is 1.53. The number of anilines is 2. The number of imidazole rings is 1. The number of aromatic nitrogens is 5. The number of ether oxygens (including phenoxy) is 2. The lowest BCUT2D eigenvalue weighted by molar-refractivity contribution is 0.0695. The van der Waals surface area contributed by atoms with Gasteiger partial charge in [0.1, 0.15) is 6.61 Å². The molecule has 3 fully saturated rings. The number of hydrogen-bond donors (Lipinski definition) is 3. The number of aryl methyl sites for hydroxylation is 1. The van der Waals surface area contributed by atoms with Crippen LogP contribution in [0.2, 0.25) is 0 Å². The third-order valence-electron chi connectivity index (χ3n) is 9.21. The monoisotopic (exact) mass is 588 g/mol. The van der Waals surface area contributed by atoms with Gasteiger partial charge in [-0.1, -0.05) is 0 Å². The molecule has 226 valence electrons. The molecule has 3 aliphatic rings. The van der Waals surface area contributed by atoms with Crippen LogP contribution < -0.4 is 20.9 Å². The summed E-state index contributed by atoms with van der Waals surface area (Å²) in [4.78, 5) is 33.9. The highest BCUT2D eigenvalue weighted by Gasteiger charge is 2.47. The molecular weight excluding hydrogens is 552 g/mol. The lowest BCUT2D eigenvalue weighted by Crippen LogP contribution is -2.49. The molecule has 1 saturated carbocycles. The summed E-state index contributed by atoms with van der Waals surface area (Å²) in [6, 6.07) is 7.80. The number of piperidine rings is 1. The molecular formula is C30H36N8O5. The van der Waals surface area contributed by atoms with Crippen LogP contribution in [-0.4, -0.2) is 92.8 Å². The summed E-state index contributed by atoms with van der Waals surface area (Å²) in [6.07, 6.45) is 6.03. The van der Waals surface area contributed by atoms with Crippen LogP contribution in [0.4, 0.5) is 11.6 Å². The lowest BCUT2D eigenvalue weighted by Gasteiger charge is -2.42. The van der Waals surface area contributed by atoms with Gasteiger partial charge < -0.3 is 34.3 Å². The SMILES string of the molecule is Cn1cc(C(=O)O)cc(-c2cn[nH]c2OCCN2C[C@H]3CC[C@](n4c(N)nc5ccc(N6CCOCC6)cc54)(C3)C2)c1=O. The minimum Gasteiger partial charge on any atom is -0.478 e. The van der Waals surface area contributed by atoms with Gasteiger partial charge in [-0.15, -0.1) is 0 Å². The first-order valence-electron chi connectivity index (χ1n) is 14.8. The Labute approximate surface area is 247 Å². The van der Waals surface area contributed by atoms with E-state index in [1.54, 1.807) is 0 Å². The first-order valence-corrected chi connectivity index (χ1v) is 14.8. The van der Waals surface area contributed by atoms with E-state index in [-0.39, 0.29) is 22.2 Å². The summed E-state index contributed by atoms with van der Waals surface area (Å²) in [5, 5.41) is 16.4. The maximum absolute atomic E-state index is 12.8. The number of morpholine rings is 1. The highest BCUT2D eigenvalue weighted by Crippen LogP contribution is 2.47. The van der Waals surface area contributed by atoms with Crippen LogP contribution in [0.5, 0.6) is 5.88 Å². The molecule has 0 radical (unpaired) electrons.